The molecule has 0 atom stereocenters. The smallest absolute Gasteiger partial charge is 0.160 e. The number of nitrogens with zero attached hydrogens (tertiary/aromatic N) is 2. The highest BCUT2D eigenvalue weighted by Crippen LogP contribution is 2.48. The van der Waals surface area contributed by atoms with E-state index in [2.05, 4.69) is 182 Å². The summed E-state index contributed by atoms with van der Waals surface area (Å²) in [5, 5.41) is 5.10. The van der Waals surface area contributed by atoms with Gasteiger partial charge in [0.05, 0.1) is 11.4 Å². The minimum atomic E-state index is 0.711. The van der Waals surface area contributed by atoms with E-state index in [4.69, 9.17) is 9.97 Å². The SMILES string of the molecule is c1ccc(-c2cccc(-c3cc(-c4ccc(-c5ccc6cc(-c7cc8c9c(cccc9c7)-c7ccccc7-8)ccc6c5)cc4)nc(-c4ccccc4)n3)c2)cc1. The van der Waals surface area contributed by atoms with Gasteiger partial charge in [0.25, 0.3) is 0 Å². The van der Waals surface area contributed by atoms with Crippen molar-refractivity contribution < 1.29 is 0 Å². The van der Waals surface area contributed by atoms with Gasteiger partial charge in [-0.05, 0) is 114 Å². The van der Waals surface area contributed by atoms with E-state index in [1.165, 1.54) is 71.6 Å². The van der Waals surface area contributed by atoms with Gasteiger partial charge in [0.15, 0.2) is 5.82 Å². The zero-order valence-electron chi connectivity index (χ0n) is 30.5. The van der Waals surface area contributed by atoms with Gasteiger partial charge in [-0.25, -0.2) is 9.97 Å². The molecule has 1 aliphatic carbocycles. The van der Waals surface area contributed by atoms with Crippen LogP contribution in [0, 0.1) is 0 Å². The molecule has 260 valence electrons. The van der Waals surface area contributed by atoms with Crippen LogP contribution in [0.1, 0.15) is 0 Å². The molecule has 11 rings (SSSR count). The Bertz CT molecular complexity index is 3110. The van der Waals surface area contributed by atoms with Gasteiger partial charge in [-0.2, -0.15) is 0 Å². The Hall–Kier alpha value is -7.42. The fourth-order valence-corrected chi connectivity index (χ4v) is 8.37. The van der Waals surface area contributed by atoms with E-state index in [-0.39, 0.29) is 0 Å². The molecule has 9 aromatic carbocycles. The number of hydrogen-bond acceptors (Lipinski definition) is 2. The Morgan fingerprint density at radius 2 is 0.714 bits per heavy atom. The molecule has 10 aromatic rings. The van der Waals surface area contributed by atoms with Crippen molar-refractivity contribution in [3.05, 3.63) is 206 Å². The number of aromatic nitrogens is 2. The quantitative estimate of drug-likeness (QED) is 0.172. The largest absolute Gasteiger partial charge is 0.228 e. The van der Waals surface area contributed by atoms with E-state index < -0.39 is 0 Å². The van der Waals surface area contributed by atoms with Gasteiger partial charge in [-0.1, -0.05) is 170 Å². The summed E-state index contributed by atoms with van der Waals surface area (Å²) < 4.78 is 0. The molecule has 2 nitrogen and oxygen atoms in total. The third-order valence-corrected chi connectivity index (χ3v) is 11.2. The average molecular weight is 711 g/mol. The molecule has 0 unspecified atom stereocenters. The van der Waals surface area contributed by atoms with Crippen LogP contribution < -0.4 is 0 Å². The van der Waals surface area contributed by atoms with Crippen LogP contribution in [0.25, 0.3) is 111 Å². The lowest BCUT2D eigenvalue weighted by Gasteiger charge is -2.12. The van der Waals surface area contributed by atoms with E-state index in [0.29, 0.717) is 5.82 Å². The maximum Gasteiger partial charge on any atom is 0.160 e. The van der Waals surface area contributed by atoms with Gasteiger partial charge >= 0.3 is 0 Å². The second-order valence-electron chi connectivity index (χ2n) is 14.6. The minimum absolute atomic E-state index is 0.711. The third kappa shape index (κ3) is 5.59. The molecule has 0 bridgehead atoms. The maximum atomic E-state index is 5.09. The Labute approximate surface area is 326 Å². The lowest BCUT2D eigenvalue weighted by Crippen LogP contribution is -1.96. The molecule has 0 fully saturated rings. The summed E-state index contributed by atoms with van der Waals surface area (Å²) in [6, 6.07) is 74.0. The number of rotatable bonds is 6. The van der Waals surface area contributed by atoms with Crippen molar-refractivity contribution in [2.45, 2.75) is 0 Å². The van der Waals surface area contributed by atoms with E-state index >= 15 is 0 Å². The third-order valence-electron chi connectivity index (χ3n) is 11.2. The molecule has 2 heteroatoms. The topological polar surface area (TPSA) is 25.8 Å². The lowest BCUT2D eigenvalue weighted by atomic mass is 9.94. The van der Waals surface area contributed by atoms with Crippen LogP contribution in [0.3, 0.4) is 0 Å². The molecule has 0 saturated heterocycles. The first kappa shape index (κ1) is 32.0. The molecule has 0 spiro atoms. The van der Waals surface area contributed by atoms with Crippen LogP contribution in [-0.4, -0.2) is 9.97 Å². The first-order valence-electron chi connectivity index (χ1n) is 19.1. The molecule has 1 aliphatic rings. The van der Waals surface area contributed by atoms with E-state index in [9.17, 15) is 0 Å². The number of hydrogen-bond donors (Lipinski definition) is 0. The van der Waals surface area contributed by atoms with Crippen LogP contribution >= 0.6 is 0 Å². The van der Waals surface area contributed by atoms with E-state index in [0.717, 1.165) is 33.6 Å². The Kier molecular flexibility index (Phi) is 7.53. The molecule has 1 aromatic heterocycles. The Balaban J connectivity index is 0.920. The lowest BCUT2D eigenvalue weighted by molar-refractivity contribution is 1.18. The van der Waals surface area contributed by atoms with Crippen molar-refractivity contribution in [2.75, 3.05) is 0 Å². The molecule has 0 amide bonds. The van der Waals surface area contributed by atoms with Gasteiger partial charge < -0.3 is 0 Å². The van der Waals surface area contributed by atoms with Gasteiger partial charge in [0.1, 0.15) is 0 Å². The van der Waals surface area contributed by atoms with Gasteiger partial charge in [-0.15, -0.1) is 0 Å². The fraction of sp³-hybridized carbons (Fsp3) is 0. The van der Waals surface area contributed by atoms with Crippen molar-refractivity contribution in [3.8, 4) is 89.5 Å². The van der Waals surface area contributed by atoms with Crippen molar-refractivity contribution in [2.24, 2.45) is 0 Å². The van der Waals surface area contributed by atoms with Crippen molar-refractivity contribution in [1.29, 1.82) is 0 Å². The van der Waals surface area contributed by atoms with Crippen LogP contribution in [0.15, 0.2) is 206 Å². The molecule has 56 heavy (non-hydrogen) atoms. The second-order valence-corrected chi connectivity index (χ2v) is 14.6. The highest BCUT2D eigenvalue weighted by Gasteiger charge is 2.21. The molecule has 1 heterocycles. The van der Waals surface area contributed by atoms with Crippen molar-refractivity contribution in [3.63, 3.8) is 0 Å². The predicted molar refractivity (Wildman–Crippen MR) is 234 cm³/mol. The van der Waals surface area contributed by atoms with E-state index in [1.807, 2.05) is 24.3 Å². The van der Waals surface area contributed by atoms with Crippen LogP contribution in [0.2, 0.25) is 0 Å². The Morgan fingerprint density at radius 1 is 0.232 bits per heavy atom. The fourth-order valence-electron chi connectivity index (χ4n) is 8.37. The highest BCUT2D eigenvalue weighted by atomic mass is 14.9. The predicted octanol–water partition coefficient (Wildman–Crippen LogP) is 14.4. The highest BCUT2D eigenvalue weighted by molar-refractivity contribution is 6.16. The standard InChI is InChI=1S/C54H34N2/c1-3-11-35(12-4-1)39-15-9-16-44(31-39)52-34-51(55-54(56-52)38-13-5-2-6-14-38)37-23-21-36(22-24-37)40-25-26-42-30-43(28-27-41(42)29-40)46-32-45-17-10-20-49-47-18-7-8-19-48(47)50(33-46)53(45)49/h1-34H. The van der Waals surface area contributed by atoms with Crippen molar-refractivity contribution >= 4 is 21.5 Å². The number of fused-ring (bicyclic) bond motifs is 4. The van der Waals surface area contributed by atoms with Crippen LogP contribution in [-0.2, 0) is 0 Å². The van der Waals surface area contributed by atoms with Crippen LogP contribution in [0.5, 0.6) is 0 Å². The van der Waals surface area contributed by atoms with Crippen LogP contribution in [0.4, 0.5) is 0 Å². The molecular weight excluding hydrogens is 677 g/mol. The molecule has 0 saturated carbocycles. The summed E-state index contributed by atoms with van der Waals surface area (Å²) >= 11 is 0. The first-order valence-corrected chi connectivity index (χ1v) is 19.1. The summed E-state index contributed by atoms with van der Waals surface area (Å²) in [6.45, 7) is 0. The summed E-state index contributed by atoms with van der Waals surface area (Å²) in [4.78, 5) is 10.2. The Morgan fingerprint density at radius 3 is 1.45 bits per heavy atom. The van der Waals surface area contributed by atoms with E-state index in [1.54, 1.807) is 0 Å². The summed E-state index contributed by atoms with van der Waals surface area (Å²) in [7, 11) is 0. The van der Waals surface area contributed by atoms with Gasteiger partial charge in [0.2, 0.25) is 0 Å². The minimum Gasteiger partial charge on any atom is -0.228 e. The maximum absolute atomic E-state index is 5.09. The summed E-state index contributed by atoms with van der Waals surface area (Å²) in [6.07, 6.45) is 0. The molecular formula is C54H34N2. The van der Waals surface area contributed by atoms with Gasteiger partial charge in [-0.3, -0.25) is 0 Å². The van der Waals surface area contributed by atoms with Crippen molar-refractivity contribution in [1.82, 2.24) is 9.97 Å². The number of benzene rings is 9. The zero-order chi connectivity index (χ0) is 37.0. The second kappa shape index (κ2) is 13.2. The average Bonchev–Trinajstić information content (AvgIpc) is 3.61. The molecule has 0 N–H and O–H groups in total. The zero-order valence-corrected chi connectivity index (χ0v) is 30.5. The van der Waals surface area contributed by atoms with Gasteiger partial charge in [0, 0.05) is 16.7 Å². The molecule has 0 aliphatic heterocycles. The normalized spacial score (nSPS) is 11.6. The summed E-state index contributed by atoms with van der Waals surface area (Å²) in [5.41, 5.74) is 17.4. The monoisotopic (exact) mass is 710 g/mol. The summed E-state index contributed by atoms with van der Waals surface area (Å²) in [5.74, 6) is 0.711. The molecule has 0 radical (unpaired) electrons. The first-order chi connectivity index (χ1) is 27.7.